The molecule has 4 rings (SSSR count). The van der Waals surface area contributed by atoms with Gasteiger partial charge in [0.2, 0.25) is 5.88 Å². The van der Waals surface area contributed by atoms with E-state index in [1.807, 2.05) is 61.5 Å². The normalized spacial score (nSPS) is 11.0. The number of hydrogen-bond acceptors (Lipinski definition) is 4. The number of rotatable bonds is 4. The summed E-state index contributed by atoms with van der Waals surface area (Å²) in [6.07, 6.45) is 0. The van der Waals surface area contributed by atoms with E-state index in [1.54, 1.807) is 6.92 Å². The van der Waals surface area contributed by atoms with Gasteiger partial charge in [-0.3, -0.25) is 0 Å². The lowest BCUT2D eigenvalue weighted by Gasteiger charge is -2.11. The first-order valence-electron chi connectivity index (χ1n) is 8.50. The van der Waals surface area contributed by atoms with E-state index in [-0.39, 0.29) is 5.69 Å². The standard InChI is InChI=1S/C21H18N2O3/c1-3-25-21(24)18-13(2)17-15-11-7-8-12-16(15)22-19(17)20(23-18)26-14-9-5-4-6-10-14/h4-12,22H,3H2,1-2H3. The van der Waals surface area contributed by atoms with Crippen LogP contribution in [0, 0.1) is 6.92 Å². The monoisotopic (exact) mass is 346 g/mol. The summed E-state index contributed by atoms with van der Waals surface area (Å²) in [4.78, 5) is 20.3. The van der Waals surface area contributed by atoms with Crippen molar-refractivity contribution in [2.45, 2.75) is 13.8 Å². The molecular weight excluding hydrogens is 328 g/mol. The van der Waals surface area contributed by atoms with E-state index in [9.17, 15) is 4.79 Å². The van der Waals surface area contributed by atoms with Gasteiger partial charge in [-0.25, -0.2) is 9.78 Å². The van der Waals surface area contributed by atoms with Gasteiger partial charge in [-0.15, -0.1) is 0 Å². The van der Waals surface area contributed by atoms with Crippen LogP contribution < -0.4 is 4.74 Å². The molecule has 0 bridgehead atoms. The van der Waals surface area contributed by atoms with E-state index in [0.717, 1.165) is 27.4 Å². The number of para-hydroxylation sites is 2. The van der Waals surface area contributed by atoms with Crippen LogP contribution in [0.3, 0.4) is 0 Å². The maximum absolute atomic E-state index is 12.4. The number of aromatic nitrogens is 2. The number of aromatic amines is 1. The highest BCUT2D eigenvalue weighted by atomic mass is 16.5. The molecule has 0 fully saturated rings. The van der Waals surface area contributed by atoms with Crippen LogP contribution in [0.5, 0.6) is 11.6 Å². The second-order valence-corrected chi connectivity index (χ2v) is 5.95. The van der Waals surface area contributed by atoms with Crippen LogP contribution in [0.4, 0.5) is 0 Å². The van der Waals surface area contributed by atoms with Gasteiger partial charge in [0.25, 0.3) is 0 Å². The van der Waals surface area contributed by atoms with Crippen LogP contribution in [0.25, 0.3) is 21.8 Å². The molecule has 0 amide bonds. The molecule has 0 unspecified atom stereocenters. The van der Waals surface area contributed by atoms with E-state index < -0.39 is 5.97 Å². The minimum Gasteiger partial charge on any atom is -0.461 e. The zero-order valence-corrected chi connectivity index (χ0v) is 14.6. The van der Waals surface area contributed by atoms with Crippen LogP contribution in [0.15, 0.2) is 54.6 Å². The quantitative estimate of drug-likeness (QED) is 0.529. The number of esters is 1. The first-order chi connectivity index (χ1) is 12.7. The number of benzene rings is 2. The maximum Gasteiger partial charge on any atom is 0.357 e. The average molecular weight is 346 g/mol. The van der Waals surface area contributed by atoms with E-state index in [0.29, 0.717) is 18.2 Å². The van der Waals surface area contributed by atoms with Gasteiger partial charge < -0.3 is 14.5 Å². The third-order valence-electron chi connectivity index (χ3n) is 4.29. The fraction of sp³-hybridized carbons (Fsp3) is 0.143. The molecule has 0 aliphatic heterocycles. The molecule has 1 N–H and O–H groups in total. The number of fused-ring (bicyclic) bond motifs is 3. The Morgan fingerprint density at radius 1 is 1.08 bits per heavy atom. The van der Waals surface area contributed by atoms with Gasteiger partial charge in [0.1, 0.15) is 11.3 Å². The largest absolute Gasteiger partial charge is 0.461 e. The molecule has 2 heterocycles. The Hall–Kier alpha value is -3.34. The molecule has 0 radical (unpaired) electrons. The summed E-state index contributed by atoms with van der Waals surface area (Å²) >= 11 is 0. The van der Waals surface area contributed by atoms with Gasteiger partial charge in [-0.1, -0.05) is 36.4 Å². The number of ether oxygens (including phenoxy) is 2. The fourth-order valence-corrected chi connectivity index (χ4v) is 3.12. The average Bonchev–Trinajstić information content (AvgIpc) is 3.05. The van der Waals surface area contributed by atoms with E-state index in [2.05, 4.69) is 9.97 Å². The molecule has 0 spiro atoms. The van der Waals surface area contributed by atoms with E-state index in [4.69, 9.17) is 9.47 Å². The first kappa shape index (κ1) is 16.1. The van der Waals surface area contributed by atoms with Gasteiger partial charge in [0.05, 0.1) is 6.61 Å². The molecule has 0 saturated carbocycles. The van der Waals surface area contributed by atoms with Crippen molar-refractivity contribution in [3.8, 4) is 11.6 Å². The van der Waals surface area contributed by atoms with Crippen molar-refractivity contribution in [2.24, 2.45) is 0 Å². The number of nitrogens with one attached hydrogen (secondary N) is 1. The van der Waals surface area contributed by atoms with Gasteiger partial charge in [-0.05, 0) is 37.6 Å². The van der Waals surface area contributed by atoms with Crippen molar-refractivity contribution in [1.29, 1.82) is 0 Å². The van der Waals surface area contributed by atoms with Crippen molar-refractivity contribution in [1.82, 2.24) is 9.97 Å². The lowest BCUT2D eigenvalue weighted by Crippen LogP contribution is -2.10. The third-order valence-corrected chi connectivity index (χ3v) is 4.29. The Morgan fingerprint density at radius 3 is 2.58 bits per heavy atom. The lowest BCUT2D eigenvalue weighted by atomic mass is 10.1. The molecule has 0 atom stereocenters. The lowest BCUT2D eigenvalue weighted by molar-refractivity contribution is 0.0518. The summed E-state index contributed by atoms with van der Waals surface area (Å²) in [5.74, 6) is 0.560. The Bertz CT molecular complexity index is 1100. The number of pyridine rings is 1. The predicted molar refractivity (Wildman–Crippen MR) is 101 cm³/mol. The molecule has 0 aliphatic rings. The van der Waals surface area contributed by atoms with Crippen molar-refractivity contribution in [2.75, 3.05) is 6.61 Å². The molecule has 2 aromatic carbocycles. The summed E-state index contributed by atoms with van der Waals surface area (Å²) in [6.45, 7) is 3.95. The number of nitrogens with zero attached hydrogens (tertiary/aromatic N) is 1. The van der Waals surface area contributed by atoms with Gasteiger partial charge in [0.15, 0.2) is 5.69 Å². The molecule has 0 saturated heterocycles. The van der Waals surface area contributed by atoms with Crippen LogP contribution in [0.2, 0.25) is 0 Å². The Morgan fingerprint density at radius 2 is 1.81 bits per heavy atom. The second-order valence-electron chi connectivity index (χ2n) is 5.95. The smallest absolute Gasteiger partial charge is 0.357 e. The molecule has 130 valence electrons. The zero-order chi connectivity index (χ0) is 18.1. The Balaban J connectivity index is 1.99. The summed E-state index contributed by atoms with van der Waals surface area (Å²) in [5.41, 5.74) is 2.78. The molecule has 2 aromatic heterocycles. The molecule has 0 aliphatic carbocycles. The molecular formula is C21H18N2O3. The third kappa shape index (κ3) is 2.67. The van der Waals surface area contributed by atoms with Crippen molar-refractivity contribution in [3.05, 3.63) is 65.9 Å². The van der Waals surface area contributed by atoms with Crippen LogP contribution >= 0.6 is 0 Å². The van der Waals surface area contributed by atoms with Crippen molar-refractivity contribution in [3.63, 3.8) is 0 Å². The Kier molecular flexibility index (Phi) is 4.05. The number of carbonyl (C=O) groups is 1. The highest BCUT2D eigenvalue weighted by molar-refractivity contribution is 6.12. The fourth-order valence-electron chi connectivity index (χ4n) is 3.12. The molecule has 4 aromatic rings. The predicted octanol–water partition coefficient (Wildman–Crippen LogP) is 4.99. The van der Waals surface area contributed by atoms with Crippen LogP contribution in [-0.2, 0) is 4.74 Å². The van der Waals surface area contributed by atoms with Crippen molar-refractivity contribution < 1.29 is 14.3 Å². The second kappa shape index (κ2) is 6.52. The first-order valence-corrected chi connectivity index (χ1v) is 8.50. The number of carbonyl (C=O) groups excluding carboxylic acids is 1. The topological polar surface area (TPSA) is 64.2 Å². The van der Waals surface area contributed by atoms with Crippen LogP contribution in [-0.4, -0.2) is 22.5 Å². The minimum atomic E-state index is -0.449. The highest BCUT2D eigenvalue weighted by Crippen LogP contribution is 2.36. The number of hydrogen-bond donors (Lipinski definition) is 1. The number of H-pyrrole nitrogens is 1. The Labute approximate surface area is 150 Å². The summed E-state index contributed by atoms with van der Waals surface area (Å²) in [7, 11) is 0. The summed E-state index contributed by atoms with van der Waals surface area (Å²) in [5, 5.41) is 1.94. The van der Waals surface area contributed by atoms with Gasteiger partial charge in [-0.2, -0.15) is 0 Å². The zero-order valence-electron chi connectivity index (χ0n) is 14.6. The number of aryl methyl sites for hydroxylation is 1. The van der Waals surface area contributed by atoms with Gasteiger partial charge >= 0.3 is 5.97 Å². The van der Waals surface area contributed by atoms with E-state index in [1.165, 1.54) is 0 Å². The van der Waals surface area contributed by atoms with Crippen molar-refractivity contribution >= 4 is 27.8 Å². The van der Waals surface area contributed by atoms with E-state index >= 15 is 0 Å². The summed E-state index contributed by atoms with van der Waals surface area (Å²) < 4.78 is 11.2. The molecule has 5 nitrogen and oxygen atoms in total. The molecule has 5 heteroatoms. The summed E-state index contributed by atoms with van der Waals surface area (Å²) in [6, 6.07) is 17.3. The van der Waals surface area contributed by atoms with Crippen LogP contribution in [0.1, 0.15) is 23.0 Å². The SMILES string of the molecule is CCOC(=O)c1nc(Oc2ccccc2)c2[nH]c3ccccc3c2c1C. The van der Waals surface area contributed by atoms with Gasteiger partial charge in [0, 0.05) is 16.3 Å². The molecule has 26 heavy (non-hydrogen) atoms. The maximum atomic E-state index is 12.4. The highest BCUT2D eigenvalue weighted by Gasteiger charge is 2.22. The minimum absolute atomic E-state index is 0.273.